The molecule has 0 aromatic rings. The molecule has 0 unspecified atom stereocenters. The van der Waals surface area contributed by atoms with E-state index in [-0.39, 0.29) is 12.4 Å². The van der Waals surface area contributed by atoms with Crippen molar-refractivity contribution in [1.82, 2.24) is 10.2 Å². The molecule has 3 aliphatic rings. The third kappa shape index (κ3) is 3.86. The van der Waals surface area contributed by atoms with Gasteiger partial charge in [0.15, 0.2) is 0 Å². The van der Waals surface area contributed by atoms with Gasteiger partial charge in [-0.3, -0.25) is 0 Å². The van der Waals surface area contributed by atoms with Crippen LogP contribution in [0.15, 0.2) is 0 Å². The summed E-state index contributed by atoms with van der Waals surface area (Å²) in [6.07, 6.45) is 10.3. The van der Waals surface area contributed by atoms with Gasteiger partial charge < -0.3 is 10.2 Å². The summed E-state index contributed by atoms with van der Waals surface area (Å²) < 4.78 is 0. The van der Waals surface area contributed by atoms with Gasteiger partial charge in [0.25, 0.3) is 0 Å². The van der Waals surface area contributed by atoms with E-state index in [0.29, 0.717) is 5.41 Å². The van der Waals surface area contributed by atoms with Crippen molar-refractivity contribution >= 4 is 12.4 Å². The normalized spacial score (nSPS) is 35.2. The average molecular weight is 287 g/mol. The third-order valence-corrected chi connectivity index (χ3v) is 5.83. The molecule has 1 saturated carbocycles. The molecule has 3 heteroatoms. The van der Waals surface area contributed by atoms with Crippen molar-refractivity contribution in [3.63, 3.8) is 0 Å². The Kier molecular flexibility index (Phi) is 5.56. The minimum atomic E-state index is 0. The van der Waals surface area contributed by atoms with Gasteiger partial charge in [-0.1, -0.05) is 19.8 Å². The number of hydrogen-bond acceptors (Lipinski definition) is 2. The number of nitrogens with one attached hydrogen (secondary N) is 1. The van der Waals surface area contributed by atoms with Gasteiger partial charge in [-0.2, -0.15) is 0 Å². The number of likely N-dealkylation sites (tertiary alicyclic amines) is 1. The highest BCUT2D eigenvalue weighted by molar-refractivity contribution is 5.85. The highest BCUT2D eigenvalue weighted by Crippen LogP contribution is 2.39. The number of nitrogens with zero attached hydrogens (tertiary/aromatic N) is 1. The molecule has 3 fully saturated rings. The quantitative estimate of drug-likeness (QED) is 0.838. The predicted molar refractivity (Wildman–Crippen MR) is 84.0 cm³/mol. The molecule has 2 nitrogen and oxygen atoms in total. The monoisotopic (exact) mass is 286 g/mol. The Hall–Kier alpha value is 0.210. The predicted octanol–water partition coefficient (Wildman–Crippen LogP) is 3.31. The second-order valence-electron chi connectivity index (χ2n) is 7.36. The Morgan fingerprint density at radius 3 is 2.42 bits per heavy atom. The van der Waals surface area contributed by atoms with Gasteiger partial charge in [0.1, 0.15) is 0 Å². The Morgan fingerprint density at radius 1 is 1.05 bits per heavy atom. The van der Waals surface area contributed by atoms with Crippen LogP contribution >= 0.6 is 12.4 Å². The highest BCUT2D eigenvalue weighted by atomic mass is 35.5. The fourth-order valence-corrected chi connectivity index (χ4v) is 4.43. The van der Waals surface area contributed by atoms with Crippen molar-refractivity contribution in [3.05, 3.63) is 0 Å². The summed E-state index contributed by atoms with van der Waals surface area (Å²) in [6.45, 7) is 9.13. The Morgan fingerprint density at radius 2 is 1.74 bits per heavy atom. The molecule has 19 heavy (non-hydrogen) atoms. The van der Waals surface area contributed by atoms with E-state index >= 15 is 0 Å². The van der Waals surface area contributed by atoms with E-state index in [2.05, 4.69) is 17.1 Å². The lowest BCUT2D eigenvalue weighted by molar-refractivity contribution is 0.167. The number of halogens is 1. The topological polar surface area (TPSA) is 15.3 Å². The van der Waals surface area contributed by atoms with Gasteiger partial charge >= 0.3 is 0 Å². The summed E-state index contributed by atoms with van der Waals surface area (Å²) >= 11 is 0. The first-order chi connectivity index (χ1) is 8.76. The van der Waals surface area contributed by atoms with Crippen LogP contribution in [-0.4, -0.2) is 37.6 Å². The van der Waals surface area contributed by atoms with Gasteiger partial charge in [0, 0.05) is 13.1 Å². The second-order valence-corrected chi connectivity index (χ2v) is 7.36. The Balaban J connectivity index is 0.00000133. The second kappa shape index (κ2) is 6.78. The van der Waals surface area contributed by atoms with E-state index in [1.54, 1.807) is 0 Å². The molecular formula is C16H31ClN2. The molecule has 2 saturated heterocycles. The summed E-state index contributed by atoms with van der Waals surface area (Å²) in [5, 5.41) is 3.52. The van der Waals surface area contributed by atoms with Crippen molar-refractivity contribution in [1.29, 1.82) is 0 Å². The Labute approximate surface area is 125 Å². The molecule has 112 valence electrons. The lowest BCUT2D eigenvalue weighted by Crippen LogP contribution is -2.39. The molecule has 1 spiro atoms. The molecule has 0 amide bonds. The van der Waals surface area contributed by atoms with Crippen LogP contribution in [0, 0.1) is 17.3 Å². The van der Waals surface area contributed by atoms with E-state index in [1.807, 2.05) is 0 Å². The lowest BCUT2D eigenvalue weighted by atomic mass is 9.78. The van der Waals surface area contributed by atoms with Gasteiger partial charge in [0.05, 0.1) is 0 Å². The highest BCUT2D eigenvalue weighted by Gasteiger charge is 2.39. The van der Waals surface area contributed by atoms with Crippen molar-refractivity contribution in [2.75, 3.05) is 32.7 Å². The van der Waals surface area contributed by atoms with Crippen LogP contribution < -0.4 is 5.32 Å². The molecule has 0 aromatic heterocycles. The summed E-state index contributed by atoms with van der Waals surface area (Å²) in [4.78, 5) is 2.80. The van der Waals surface area contributed by atoms with Gasteiger partial charge in [0.2, 0.25) is 0 Å². The van der Waals surface area contributed by atoms with Gasteiger partial charge in [-0.15, -0.1) is 12.4 Å². The van der Waals surface area contributed by atoms with Crippen LogP contribution in [0.2, 0.25) is 0 Å². The molecular weight excluding hydrogens is 256 g/mol. The summed E-state index contributed by atoms with van der Waals surface area (Å²) in [5.41, 5.74) is 0.702. The zero-order valence-electron chi connectivity index (χ0n) is 12.5. The molecule has 1 N–H and O–H groups in total. The molecule has 3 rings (SSSR count). The fourth-order valence-electron chi connectivity index (χ4n) is 4.43. The molecule has 0 atom stereocenters. The molecule has 0 radical (unpaired) electrons. The van der Waals surface area contributed by atoms with Crippen LogP contribution in [0.25, 0.3) is 0 Å². The first-order valence-corrected chi connectivity index (χ1v) is 8.19. The van der Waals surface area contributed by atoms with Crippen LogP contribution in [0.3, 0.4) is 0 Å². The lowest BCUT2D eigenvalue weighted by Gasteiger charge is -2.35. The maximum absolute atomic E-state index is 3.52. The van der Waals surface area contributed by atoms with E-state index in [1.165, 1.54) is 77.7 Å². The average Bonchev–Trinajstić information content (AvgIpc) is 2.76. The summed E-state index contributed by atoms with van der Waals surface area (Å²) in [6, 6.07) is 0. The molecule has 2 aliphatic heterocycles. The van der Waals surface area contributed by atoms with Crippen molar-refractivity contribution in [2.45, 2.75) is 51.9 Å². The van der Waals surface area contributed by atoms with Crippen molar-refractivity contribution in [3.8, 4) is 0 Å². The summed E-state index contributed by atoms with van der Waals surface area (Å²) in [5.74, 6) is 2.01. The van der Waals surface area contributed by atoms with Crippen LogP contribution in [-0.2, 0) is 0 Å². The van der Waals surface area contributed by atoms with Crippen LogP contribution in [0.4, 0.5) is 0 Å². The minimum Gasteiger partial charge on any atom is -0.317 e. The smallest absolute Gasteiger partial charge is 0.00395 e. The number of piperidine rings is 1. The number of hydrogen-bond donors (Lipinski definition) is 1. The van der Waals surface area contributed by atoms with E-state index in [4.69, 9.17) is 0 Å². The van der Waals surface area contributed by atoms with Crippen molar-refractivity contribution in [2.24, 2.45) is 17.3 Å². The van der Waals surface area contributed by atoms with Crippen molar-refractivity contribution < 1.29 is 0 Å². The molecule has 0 bridgehead atoms. The maximum atomic E-state index is 3.52. The Bertz CT molecular complexity index is 268. The summed E-state index contributed by atoms with van der Waals surface area (Å²) in [7, 11) is 0. The van der Waals surface area contributed by atoms with E-state index in [0.717, 1.165) is 11.8 Å². The zero-order valence-corrected chi connectivity index (χ0v) is 13.3. The standard InChI is InChI=1S/C16H30N2.ClH/c1-14-2-4-15(5-3-14)12-18-11-8-16(13-18)6-9-17-10-7-16;/h14-15,17H,2-13H2,1H3;1H. The maximum Gasteiger partial charge on any atom is 0.00395 e. The third-order valence-electron chi connectivity index (χ3n) is 5.83. The first kappa shape index (κ1) is 15.6. The van der Waals surface area contributed by atoms with Gasteiger partial charge in [-0.05, 0) is 69.0 Å². The molecule has 0 aromatic carbocycles. The molecule has 1 aliphatic carbocycles. The molecule has 2 heterocycles. The van der Waals surface area contributed by atoms with E-state index in [9.17, 15) is 0 Å². The van der Waals surface area contributed by atoms with Crippen LogP contribution in [0.5, 0.6) is 0 Å². The number of rotatable bonds is 2. The zero-order chi connectivity index (χ0) is 12.4. The fraction of sp³-hybridized carbons (Fsp3) is 1.00. The van der Waals surface area contributed by atoms with Crippen LogP contribution in [0.1, 0.15) is 51.9 Å². The van der Waals surface area contributed by atoms with E-state index < -0.39 is 0 Å². The minimum absolute atomic E-state index is 0. The van der Waals surface area contributed by atoms with Gasteiger partial charge in [-0.25, -0.2) is 0 Å². The largest absolute Gasteiger partial charge is 0.317 e. The first-order valence-electron chi connectivity index (χ1n) is 8.19. The SMILES string of the molecule is CC1CCC(CN2CCC3(CCNCC3)C2)CC1.Cl.